The van der Waals surface area contributed by atoms with Crippen molar-refractivity contribution in [3.05, 3.63) is 65.7 Å². The van der Waals surface area contributed by atoms with Crippen molar-refractivity contribution >= 4 is 11.9 Å². The number of benzene rings is 2. The average Bonchev–Trinajstić information content (AvgIpc) is 2.76. The molecule has 0 aromatic heterocycles. The van der Waals surface area contributed by atoms with Crippen molar-refractivity contribution in [3.63, 3.8) is 0 Å². The van der Waals surface area contributed by atoms with Crippen molar-refractivity contribution in [1.29, 1.82) is 0 Å². The van der Waals surface area contributed by atoms with Crippen LogP contribution in [0.5, 0.6) is 0 Å². The Morgan fingerprint density at radius 1 is 0.952 bits per heavy atom. The minimum absolute atomic E-state index is 0.201. The minimum atomic E-state index is -0.201. The van der Waals surface area contributed by atoms with Crippen molar-refractivity contribution < 1.29 is 4.79 Å². The summed E-state index contributed by atoms with van der Waals surface area (Å²) in [5.74, 6) is 0.297. The molecule has 1 saturated carbocycles. The van der Waals surface area contributed by atoms with Crippen molar-refractivity contribution in [3.8, 4) is 11.1 Å². The molecule has 0 amide bonds. The third-order valence-corrected chi connectivity index (χ3v) is 4.30. The van der Waals surface area contributed by atoms with E-state index < -0.39 is 0 Å². The highest BCUT2D eigenvalue weighted by Crippen LogP contribution is 2.38. The van der Waals surface area contributed by atoms with Gasteiger partial charge in [-0.1, -0.05) is 68.4 Å². The van der Waals surface area contributed by atoms with Gasteiger partial charge in [-0.15, -0.1) is 0 Å². The number of hydrogen-bond donors (Lipinski definition) is 0. The van der Waals surface area contributed by atoms with Crippen LogP contribution in [-0.4, -0.2) is 5.78 Å². The molecule has 1 nitrogen and oxygen atoms in total. The molecule has 1 heteroatoms. The first-order valence-electron chi connectivity index (χ1n) is 7.48. The largest absolute Gasteiger partial charge is 0.294 e. The van der Waals surface area contributed by atoms with E-state index in [2.05, 4.69) is 30.3 Å². The first-order chi connectivity index (χ1) is 10.1. The number of Topliss-reactive ketones (excluding diaryl/α,β-unsaturated/α-hetero) is 1. The van der Waals surface area contributed by atoms with E-state index in [4.69, 9.17) is 0 Å². The molecule has 0 unspecified atom stereocenters. The number of allylic oxidation sites excluding steroid dienone is 1. The van der Waals surface area contributed by atoms with Crippen LogP contribution in [0.4, 0.5) is 0 Å². The van der Waals surface area contributed by atoms with Gasteiger partial charge in [0.15, 0.2) is 5.78 Å². The van der Waals surface area contributed by atoms with Crippen LogP contribution in [0.2, 0.25) is 0 Å². The van der Waals surface area contributed by atoms with E-state index in [1.165, 1.54) is 11.1 Å². The summed E-state index contributed by atoms with van der Waals surface area (Å²) >= 11 is 0. The fourth-order valence-electron chi connectivity index (χ4n) is 2.94. The predicted molar refractivity (Wildman–Crippen MR) is 87.9 cm³/mol. The molecule has 106 valence electrons. The summed E-state index contributed by atoms with van der Waals surface area (Å²) in [6.07, 6.45) is 3.92. The summed E-state index contributed by atoms with van der Waals surface area (Å²) in [5.41, 5.74) is 4.26. The van der Waals surface area contributed by atoms with E-state index in [-0.39, 0.29) is 5.41 Å². The van der Waals surface area contributed by atoms with Gasteiger partial charge in [0.1, 0.15) is 0 Å². The predicted octanol–water partition coefficient (Wildman–Crippen LogP) is 5.13. The zero-order chi connectivity index (χ0) is 14.9. The van der Waals surface area contributed by atoms with Crippen molar-refractivity contribution in [2.45, 2.75) is 26.7 Å². The van der Waals surface area contributed by atoms with Crippen LogP contribution >= 0.6 is 0 Å². The van der Waals surface area contributed by atoms with E-state index in [0.29, 0.717) is 5.78 Å². The summed E-state index contributed by atoms with van der Waals surface area (Å²) in [6, 6.07) is 18.6. The SMILES string of the molecule is CC1(C)CC/C(=C/c2ccccc2-c2ccccc2)C1=O. The highest BCUT2D eigenvalue weighted by atomic mass is 16.1. The molecule has 1 fully saturated rings. The molecule has 0 radical (unpaired) electrons. The van der Waals surface area contributed by atoms with Crippen LogP contribution in [-0.2, 0) is 4.79 Å². The molecule has 0 atom stereocenters. The monoisotopic (exact) mass is 276 g/mol. The average molecular weight is 276 g/mol. The number of ketones is 1. The van der Waals surface area contributed by atoms with Crippen LogP contribution in [0, 0.1) is 5.41 Å². The van der Waals surface area contributed by atoms with Crippen LogP contribution in [0.3, 0.4) is 0 Å². The number of rotatable bonds is 2. The fraction of sp³-hybridized carbons (Fsp3) is 0.250. The van der Waals surface area contributed by atoms with Crippen LogP contribution < -0.4 is 0 Å². The number of carbonyl (C=O) groups is 1. The fourth-order valence-corrected chi connectivity index (χ4v) is 2.94. The van der Waals surface area contributed by atoms with Crippen molar-refractivity contribution in [2.24, 2.45) is 5.41 Å². The smallest absolute Gasteiger partial charge is 0.164 e. The zero-order valence-electron chi connectivity index (χ0n) is 12.6. The second-order valence-corrected chi connectivity index (χ2v) is 6.34. The molecule has 0 N–H and O–H groups in total. The van der Waals surface area contributed by atoms with Gasteiger partial charge in [-0.3, -0.25) is 4.79 Å². The van der Waals surface area contributed by atoms with Gasteiger partial charge in [0.05, 0.1) is 0 Å². The number of carbonyl (C=O) groups excluding carboxylic acids is 1. The van der Waals surface area contributed by atoms with Crippen LogP contribution in [0.25, 0.3) is 17.2 Å². The van der Waals surface area contributed by atoms with Gasteiger partial charge in [0.2, 0.25) is 0 Å². The van der Waals surface area contributed by atoms with Crippen molar-refractivity contribution in [1.82, 2.24) is 0 Å². The van der Waals surface area contributed by atoms with Gasteiger partial charge in [0, 0.05) is 5.41 Å². The van der Waals surface area contributed by atoms with Crippen LogP contribution in [0.15, 0.2) is 60.2 Å². The zero-order valence-corrected chi connectivity index (χ0v) is 12.6. The van der Waals surface area contributed by atoms with E-state index in [9.17, 15) is 4.79 Å². The maximum atomic E-state index is 12.4. The van der Waals surface area contributed by atoms with Crippen LogP contribution in [0.1, 0.15) is 32.3 Å². The molecular formula is C20H20O. The number of hydrogen-bond acceptors (Lipinski definition) is 1. The molecule has 0 aliphatic heterocycles. The highest BCUT2D eigenvalue weighted by molar-refractivity contribution is 6.05. The van der Waals surface area contributed by atoms with Gasteiger partial charge in [-0.05, 0) is 41.2 Å². The first kappa shape index (κ1) is 13.8. The molecule has 3 rings (SSSR count). The Bertz CT molecular complexity index is 693. The quantitative estimate of drug-likeness (QED) is 0.695. The Morgan fingerprint density at radius 2 is 1.62 bits per heavy atom. The second kappa shape index (κ2) is 5.33. The lowest BCUT2D eigenvalue weighted by molar-refractivity contribution is -0.121. The maximum Gasteiger partial charge on any atom is 0.164 e. The van der Waals surface area contributed by atoms with E-state index in [1.807, 2.05) is 44.2 Å². The molecule has 0 spiro atoms. The van der Waals surface area contributed by atoms with Gasteiger partial charge >= 0.3 is 0 Å². The van der Waals surface area contributed by atoms with Gasteiger partial charge < -0.3 is 0 Å². The standard InChI is InChI=1S/C20H20O/c1-20(2)13-12-17(19(20)21)14-16-10-6-7-11-18(16)15-8-4-3-5-9-15/h3-11,14H,12-13H2,1-2H3/b17-14-. The lowest BCUT2D eigenvalue weighted by atomic mass is 9.90. The molecule has 2 aromatic rings. The Morgan fingerprint density at radius 3 is 2.29 bits per heavy atom. The molecule has 21 heavy (non-hydrogen) atoms. The molecule has 1 aliphatic carbocycles. The Kier molecular flexibility index (Phi) is 3.50. The Hall–Kier alpha value is -2.15. The highest BCUT2D eigenvalue weighted by Gasteiger charge is 2.36. The minimum Gasteiger partial charge on any atom is -0.294 e. The molecule has 0 heterocycles. The molecule has 0 saturated heterocycles. The van der Waals surface area contributed by atoms with Gasteiger partial charge in [0.25, 0.3) is 0 Å². The lowest BCUT2D eigenvalue weighted by Crippen LogP contribution is -2.17. The summed E-state index contributed by atoms with van der Waals surface area (Å²) < 4.78 is 0. The van der Waals surface area contributed by atoms with E-state index in [0.717, 1.165) is 24.0 Å². The topological polar surface area (TPSA) is 17.1 Å². The third-order valence-electron chi connectivity index (χ3n) is 4.30. The summed E-state index contributed by atoms with van der Waals surface area (Å²) in [6.45, 7) is 4.08. The summed E-state index contributed by atoms with van der Waals surface area (Å²) in [4.78, 5) is 12.4. The molecule has 2 aromatic carbocycles. The second-order valence-electron chi connectivity index (χ2n) is 6.34. The van der Waals surface area contributed by atoms with E-state index >= 15 is 0 Å². The maximum absolute atomic E-state index is 12.4. The molecule has 1 aliphatic rings. The van der Waals surface area contributed by atoms with Crippen molar-refractivity contribution in [2.75, 3.05) is 0 Å². The third kappa shape index (κ3) is 2.69. The first-order valence-corrected chi connectivity index (χ1v) is 7.48. The lowest BCUT2D eigenvalue weighted by Gasteiger charge is -2.13. The van der Waals surface area contributed by atoms with Gasteiger partial charge in [-0.25, -0.2) is 0 Å². The Labute approximate surface area is 126 Å². The molecule has 0 bridgehead atoms. The normalized spacial score (nSPS) is 19.1. The van der Waals surface area contributed by atoms with Gasteiger partial charge in [-0.2, -0.15) is 0 Å². The summed E-state index contributed by atoms with van der Waals surface area (Å²) in [7, 11) is 0. The Balaban J connectivity index is 2.04. The molecular weight excluding hydrogens is 256 g/mol. The summed E-state index contributed by atoms with van der Waals surface area (Å²) in [5, 5.41) is 0. The van der Waals surface area contributed by atoms with E-state index in [1.54, 1.807) is 0 Å².